The van der Waals surface area contributed by atoms with Gasteiger partial charge in [-0.3, -0.25) is 0 Å². The van der Waals surface area contributed by atoms with Gasteiger partial charge in [0.1, 0.15) is 12.4 Å². The lowest BCUT2D eigenvalue weighted by Crippen LogP contribution is -2.16. The van der Waals surface area contributed by atoms with E-state index in [0.717, 1.165) is 11.3 Å². The number of aromatic nitrogens is 2. The molecule has 0 spiro atoms. The molecule has 1 heterocycles. The molecular weight excluding hydrogens is 204 g/mol. The smallest absolute Gasteiger partial charge is 0.156 e. The Balaban J connectivity index is 3.06. The molecule has 0 saturated heterocycles. The zero-order valence-corrected chi connectivity index (χ0v) is 10.4. The van der Waals surface area contributed by atoms with E-state index in [1.807, 2.05) is 13.8 Å². The molecule has 0 aliphatic carbocycles. The molecule has 0 amide bonds. The van der Waals surface area contributed by atoms with Crippen molar-refractivity contribution >= 4 is 5.82 Å². The Kier molecular flexibility index (Phi) is 4.64. The zero-order valence-electron chi connectivity index (χ0n) is 10.4. The summed E-state index contributed by atoms with van der Waals surface area (Å²) < 4.78 is 5.28. The van der Waals surface area contributed by atoms with Gasteiger partial charge < -0.3 is 10.2 Å². The topological polar surface area (TPSA) is 73.1 Å². The van der Waals surface area contributed by atoms with Crippen LogP contribution in [0.2, 0.25) is 0 Å². The van der Waals surface area contributed by atoms with Crippen LogP contribution in [-0.2, 0) is 11.3 Å². The van der Waals surface area contributed by atoms with E-state index >= 15 is 0 Å². The van der Waals surface area contributed by atoms with Gasteiger partial charge in [-0.2, -0.15) is 0 Å². The molecule has 0 fully saturated rings. The fourth-order valence-corrected chi connectivity index (χ4v) is 1.70. The molecule has 0 saturated carbocycles. The predicted octanol–water partition coefficient (Wildman–Crippen LogP) is 1.73. The number of hydrazine groups is 1. The highest BCUT2D eigenvalue weighted by Crippen LogP contribution is 2.24. The van der Waals surface area contributed by atoms with Crippen molar-refractivity contribution in [2.45, 2.75) is 40.2 Å². The summed E-state index contributed by atoms with van der Waals surface area (Å²) in [5, 5.41) is 0. The molecule has 5 heteroatoms. The van der Waals surface area contributed by atoms with Crippen molar-refractivity contribution in [2.75, 3.05) is 12.0 Å². The summed E-state index contributed by atoms with van der Waals surface area (Å²) in [5.41, 5.74) is 4.64. The summed E-state index contributed by atoms with van der Waals surface area (Å²) in [4.78, 5) is 8.75. The number of hydrogen-bond donors (Lipinski definition) is 2. The van der Waals surface area contributed by atoms with Crippen molar-refractivity contribution in [3.8, 4) is 0 Å². The molecule has 0 radical (unpaired) electrons. The van der Waals surface area contributed by atoms with Gasteiger partial charge in [-0.05, 0) is 19.8 Å². The van der Waals surface area contributed by atoms with Crippen LogP contribution in [-0.4, -0.2) is 16.6 Å². The molecule has 0 unspecified atom stereocenters. The Hall–Kier alpha value is -1.20. The number of ether oxygens (including phenoxy) is 1. The number of nitrogens with one attached hydrogen (secondary N) is 1. The van der Waals surface area contributed by atoms with Crippen molar-refractivity contribution in [1.82, 2.24) is 9.97 Å². The van der Waals surface area contributed by atoms with E-state index in [0.29, 0.717) is 30.8 Å². The Morgan fingerprint density at radius 1 is 1.38 bits per heavy atom. The maximum atomic E-state index is 5.47. The average Bonchev–Trinajstić information content (AvgIpc) is 2.24. The molecule has 1 aromatic heterocycles. The maximum absolute atomic E-state index is 5.47. The van der Waals surface area contributed by atoms with Gasteiger partial charge in [-0.15, -0.1) is 0 Å². The Morgan fingerprint density at radius 2 is 2.06 bits per heavy atom. The summed E-state index contributed by atoms with van der Waals surface area (Å²) >= 11 is 0. The molecule has 0 bridgehead atoms. The van der Waals surface area contributed by atoms with Crippen LogP contribution in [0.1, 0.15) is 43.8 Å². The van der Waals surface area contributed by atoms with E-state index in [9.17, 15) is 0 Å². The average molecular weight is 224 g/mol. The minimum atomic E-state index is 0.340. The van der Waals surface area contributed by atoms with Crippen molar-refractivity contribution in [3.05, 3.63) is 17.1 Å². The Bertz CT molecular complexity index is 352. The molecule has 0 aromatic carbocycles. The summed E-state index contributed by atoms with van der Waals surface area (Å²) in [5.74, 6) is 7.17. The van der Waals surface area contributed by atoms with Gasteiger partial charge in [-0.25, -0.2) is 15.8 Å². The van der Waals surface area contributed by atoms with Gasteiger partial charge in [0, 0.05) is 17.9 Å². The SMILES string of the molecule is CCOCc1nc(C)c(C(C)C)c(NN)n1. The minimum absolute atomic E-state index is 0.340. The number of aryl methyl sites for hydroxylation is 1. The van der Waals surface area contributed by atoms with Gasteiger partial charge in [0.2, 0.25) is 0 Å². The van der Waals surface area contributed by atoms with Crippen molar-refractivity contribution < 1.29 is 4.74 Å². The maximum Gasteiger partial charge on any atom is 0.156 e. The van der Waals surface area contributed by atoms with Crippen LogP contribution in [0, 0.1) is 6.92 Å². The van der Waals surface area contributed by atoms with Gasteiger partial charge in [0.25, 0.3) is 0 Å². The molecule has 0 atom stereocenters. The third-order valence-corrected chi connectivity index (χ3v) is 2.33. The van der Waals surface area contributed by atoms with E-state index in [1.165, 1.54) is 0 Å². The largest absolute Gasteiger partial charge is 0.374 e. The first-order valence-corrected chi connectivity index (χ1v) is 5.51. The summed E-state index contributed by atoms with van der Waals surface area (Å²) in [6.07, 6.45) is 0. The molecule has 0 aliphatic rings. The van der Waals surface area contributed by atoms with Crippen LogP contribution in [0.3, 0.4) is 0 Å². The Morgan fingerprint density at radius 3 is 2.56 bits per heavy atom. The standard InChI is InChI=1S/C11H20N4O/c1-5-16-6-9-13-8(4)10(7(2)3)11(14-9)15-12/h7H,5-6,12H2,1-4H3,(H,13,14,15). The van der Waals surface area contributed by atoms with Gasteiger partial charge in [-0.1, -0.05) is 13.8 Å². The number of nitrogens with two attached hydrogens (primary N) is 1. The van der Waals surface area contributed by atoms with E-state index in [1.54, 1.807) is 0 Å². The second kappa shape index (κ2) is 5.77. The molecule has 16 heavy (non-hydrogen) atoms. The zero-order chi connectivity index (χ0) is 12.1. The molecule has 0 aliphatic heterocycles. The summed E-state index contributed by atoms with van der Waals surface area (Å²) in [6, 6.07) is 0. The lowest BCUT2D eigenvalue weighted by molar-refractivity contribution is 0.128. The molecule has 1 aromatic rings. The van der Waals surface area contributed by atoms with Crippen molar-refractivity contribution in [3.63, 3.8) is 0 Å². The lowest BCUT2D eigenvalue weighted by Gasteiger charge is -2.15. The van der Waals surface area contributed by atoms with Gasteiger partial charge in [0.05, 0.1) is 0 Å². The highest BCUT2D eigenvalue weighted by molar-refractivity contribution is 5.47. The molecule has 1 rings (SSSR count). The quantitative estimate of drug-likeness (QED) is 0.588. The molecule has 3 N–H and O–H groups in total. The highest BCUT2D eigenvalue weighted by atomic mass is 16.5. The van der Waals surface area contributed by atoms with Crippen LogP contribution >= 0.6 is 0 Å². The first-order valence-electron chi connectivity index (χ1n) is 5.51. The van der Waals surface area contributed by atoms with Crippen molar-refractivity contribution in [2.24, 2.45) is 5.84 Å². The van der Waals surface area contributed by atoms with Gasteiger partial charge in [0.15, 0.2) is 5.82 Å². The lowest BCUT2D eigenvalue weighted by atomic mass is 10.0. The summed E-state index contributed by atoms with van der Waals surface area (Å²) in [6.45, 7) is 9.17. The highest BCUT2D eigenvalue weighted by Gasteiger charge is 2.13. The van der Waals surface area contributed by atoms with Gasteiger partial charge >= 0.3 is 0 Å². The van der Waals surface area contributed by atoms with Crippen LogP contribution in [0.25, 0.3) is 0 Å². The van der Waals surface area contributed by atoms with Crippen molar-refractivity contribution in [1.29, 1.82) is 0 Å². The monoisotopic (exact) mass is 224 g/mol. The Labute approximate surface area is 96.4 Å². The van der Waals surface area contributed by atoms with E-state index in [4.69, 9.17) is 10.6 Å². The van der Waals surface area contributed by atoms with Crippen LogP contribution < -0.4 is 11.3 Å². The number of nitrogen functional groups attached to an aromatic ring is 1. The first-order chi connectivity index (χ1) is 7.60. The molecule has 5 nitrogen and oxygen atoms in total. The second-order valence-corrected chi connectivity index (χ2v) is 3.92. The fourth-order valence-electron chi connectivity index (χ4n) is 1.70. The van der Waals surface area contributed by atoms with E-state index < -0.39 is 0 Å². The predicted molar refractivity (Wildman–Crippen MR) is 64.0 cm³/mol. The number of anilines is 1. The number of rotatable bonds is 5. The first kappa shape index (κ1) is 12.9. The number of hydrogen-bond acceptors (Lipinski definition) is 5. The fraction of sp³-hybridized carbons (Fsp3) is 0.636. The third-order valence-electron chi connectivity index (χ3n) is 2.33. The van der Waals surface area contributed by atoms with E-state index in [2.05, 4.69) is 29.2 Å². The van der Waals surface area contributed by atoms with E-state index in [-0.39, 0.29) is 0 Å². The summed E-state index contributed by atoms with van der Waals surface area (Å²) in [7, 11) is 0. The molecule has 90 valence electrons. The van der Waals surface area contributed by atoms with Crippen LogP contribution in [0.15, 0.2) is 0 Å². The number of nitrogens with zero attached hydrogens (tertiary/aromatic N) is 2. The third kappa shape index (κ3) is 2.90. The molecular formula is C11H20N4O. The van der Waals surface area contributed by atoms with Crippen LogP contribution in [0.4, 0.5) is 5.82 Å². The normalized spacial score (nSPS) is 10.9. The van der Waals surface area contributed by atoms with Crippen LogP contribution in [0.5, 0.6) is 0 Å². The second-order valence-electron chi connectivity index (χ2n) is 3.92. The minimum Gasteiger partial charge on any atom is -0.374 e.